The zero-order chi connectivity index (χ0) is 13.3. The monoisotopic (exact) mass is 248 g/mol. The molecule has 0 unspecified atom stereocenters. The summed E-state index contributed by atoms with van der Waals surface area (Å²) in [5.74, 6) is -0.153. The highest BCUT2D eigenvalue weighted by molar-refractivity contribution is 5.79. The molecule has 0 aliphatic rings. The summed E-state index contributed by atoms with van der Waals surface area (Å²) in [6, 6.07) is 4.85. The lowest BCUT2D eigenvalue weighted by molar-refractivity contribution is -0.155. The number of rotatable bonds is 2. The van der Waals surface area contributed by atoms with Gasteiger partial charge in [-0.1, -0.05) is 0 Å². The maximum Gasteiger partial charge on any atom is 0.326 e. The van der Waals surface area contributed by atoms with E-state index in [9.17, 15) is 9.90 Å². The number of phenols is 1. The van der Waals surface area contributed by atoms with E-state index in [1.807, 2.05) is 20.8 Å². The van der Waals surface area contributed by atoms with Crippen molar-refractivity contribution in [1.82, 2.24) is 9.55 Å². The molecule has 1 aromatic carbocycles. The minimum Gasteiger partial charge on any atom is -0.508 e. The topological polar surface area (TPSA) is 64.4 Å². The molecule has 1 heterocycles. The molecule has 0 atom stereocenters. The van der Waals surface area contributed by atoms with E-state index >= 15 is 0 Å². The van der Waals surface area contributed by atoms with Crippen molar-refractivity contribution in [2.75, 3.05) is 0 Å². The summed E-state index contributed by atoms with van der Waals surface area (Å²) in [4.78, 5) is 15.8. The van der Waals surface area contributed by atoms with Crippen LogP contribution in [0, 0.1) is 0 Å². The predicted octanol–water partition coefficient (Wildman–Crippen LogP) is 2.08. The third-order valence-corrected chi connectivity index (χ3v) is 2.32. The van der Waals surface area contributed by atoms with E-state index in [4.69, 9.17) is 4.74 Å². The Morgan fingerprint density at radius 3 is 2.83 bits per heavy atom. The summed E-state index contributed by atoms with van der Waals surface area (Å²) < 4.78 is 6.94. The number of aromatic nitrogens is 2. The number of aromatic hydroxyl groups is 1. The van der Waals surface area contributed by atoms with Gasteiger partial charge in [0.15, 0.2) is 0 Å². The lowest BCUT2D eigenvalue weighted by Crippen LogP contribution is -2.26. The highest BCUT2D eigenvalue weighted by Gasteiger charge is 2.17. The Labute approximate surface area is 105 Å². The zero-order valence-corrected chi connectivity index (χ0v) is 10.7. The van der Waals surface area contributed by atoms with Gasteiger partial charge in [-0.15, -0.1) is 0 Å². The van der Waals surface area contributed by atoms with Gasteiger partial charge >= 0.3 is 5.97 Å². The molecule has 18 heavy (non-hydrogen) atoms. The van der Waals surface area contributed by atoms with Crippen molar-refractivity contribution in [3.63, 3.8) is 0 Å². The summed E-state index contributed by atoms with van der Waals surface area (Å²) >= 11 is 0. The first-order valence-corrected chi connectivity index (χ1v) is 5.71. The first-order chi connectivity index (χ1) is 8.35. The van der Waals surface area contributed by atoms with Crippen LogP contribution in [0.15, 0.2) is 24.5 Å². The second-order valence-electron chi connectivity index (χ2n) is 5.13. The molecule has 0 saturated carbocycles. The van der Waals surface area contributed by atoms with Crippen LogP contribution in [0.5, 0.6) is 5.75 Å². The number of carbonyl (C=O) groups is 1. The Kier molecular flexibility index (Phi) is 2.98. The predicted molar refractivity (Wildman–Crippen MR) is 67.2 cm³/mol. The lowest BCUT2D eigenvalue weighted by Gasteiger charge is -2.19. The molecule has 2 rings (SSSR count). The van der Waals surface area contributed by atoms with Crippen LogP contribution in [0.2, 0.25) is 0 Å². The minimum atomic E-state index is -0.494. The Hall–Kier alpha value is -2.04. The van der Waals surface area contributed by atoms with E-state index in [2.05, 4.69) is 4.98 Å². The molecule has 0 amide bonds. The van der Waals surface area contributed by atoms with Gasteiger partial charge in [0.1, 0.15) is 17.9 Å². The Morgan fingerprint density at radius 2 is 2.17 bits per heavy atom. The van der Waals surface area contributed by atoms with E-state index in [0.717, 1.165) is 5.52 Å². The molecule has 96 valence electrons. The number of esters is 1. The van der Waals surface area contributed by atoms with Gasteiger partial charge in [-0.2, -0.15) is 0 Å². The fraction of sp³-hybridized carbons (Fsp3) is 0.385. The van der Waals surface area contributed by atoms with Crippen molar-refractivity contribution >= 4 is 17.0 Å². The van der Waals surface area contributed by atoms with Gasteiger partial charge in [0.05, 0.1) is 17.4 Å². The molecular weight excluding hydrogens is 232 g/mol. The molecule has 5 nitrogen and oxygen atoms in total. The molecule has 0 spiro atoms. The minimum absolute atomic E-state index is 0.110. The van der Waals surface area contributed by atoms with Gasteiger partial charge in [-0.25, -0.2) is 4.98 Å². The van der Waals surface area contributed by atoms with E-state index in [1.165, 1.54) is 0 Å². The Morgan fingerprint density at radius 1 is 1.44 bits per heavy atom. The summed E-state index contributed by atoms with van der Waals surface area (Å²) in [5, 5.41) is 9.33. The number of carbonyl (C=O) groups excluding carboxylic acids is 1. The van der Waals surface area contributed by atoms with Gasteiger partial charge in [0.2, 0.25) is 0 Å². The van der Waals surface area contributed by atoms with Crippen molar-refractivity contribution in [2.24, 2.45) is 0 Å². The highest BCUT2D eigenvalue weighted by Crippen LogP contribution is 2.19. The molecule has 2 aromatic rings. The van der Waals surface area contributed by atoms with E-state index in [-0.39, 0.29) is 18.3 Å². The van der Waals surface area contributed by atoms with Crippen molar-refractivity contribution in [3.05, 3.63) is 24.5 Å². The third-order valence-electron chi connectivity index (χ3n) is 2.32. The number of fused-ring (bicyclic) bond motifs is 1. The van der Waals surface area contributed by atoms with Gasteiger partial charge in [0.25, 0.3) is 0 Å². The maximum absolute atomic E-state index is 11.7. The average Bonchev–Trinajstić information content (AvgIpc) is 2.57. The number of benzene rings is 1. The zero-order valence-electron chi connectivity index (χ0n) is 10.7. The smallest absolute Gasteiger partial charge is 0.326 e. The molecular formula is C13H16N2O3. The van der Waals surface area contributed by atoms with Crippen LogP contribution < -0.4 is 0 Å². The van der Waals surface area contributed by atoms with Crippen molar-refractivity contribution in [3.8, 4) is 5.75 Å². The lowest BCUT2D eigenvalue weighted by atomic mass is 10.2. The van der Waals surface area contributed by atoms with Gasteiger partial charge in [-0.3, -0.25) is 4.79 Å². The summed E-state index contributed by atoms with van der Waals surface area (Å²) in [6.45, 7) is 5.59. The summed E-state index contributed by atoms with van der Waals surface area (Å²) in [5.41, 5.74) is 0.948. The Bertz CT molecular complexity index is 581. The maximum atomic E-state index is 11.7. The average molecular weight is 248 g/mol. The van der Waals surface area contributed by atoms with Crippen LogP contribution in [-0.2, 0) is 16.1 Å². The van der Waals surface area contributed by atoms with E-state index in [1.54, 1.807) is 29.1 Å². The number of hydrogen-bond acceptors (Lipinski definition) is 4. The number of phenolic OH excluding ortho intramolecular Hbond substituents is 1. The van der Waals surface area contributed by atoms with Crippen molar-refractivity contribution < 1.29 is 14.6 Å². The first-order valence-electron chi connectivity index (χ1n) is 5.71. The highest BCUT2D eigenvalue weighted by atomic mass is 16.6. The fourth-order valence-electron chi connectivity index (χ4n) is 1.69. The van der Waals surface area contributed by atoms with Crippen LogP contribution in [0.1, 0.15) is 20.8 Å². The third kappa shape index (κ3) is 2.80. The normalized spacial score (nSPS) is 11.7. The van der Waals surface area contributed by atoms with Crippen LogP contribution in [0.4, 0.5) is 0 Å². The molecule has 5 heteroatoms. The van der Waals surface area contributed by atoms with Crippen LogP contribution in [0.25, 0.3) is 11.0 Å². The second-order valence-corrected chi connectivity index (χ2v) is 5.13. The summed E-state index contributed by atoms with van der Waals surface area (Å²) in [7, 11) is 0. The SMILES string of the molecule is CC(C)(C)OC(=O)Cn1cnc2cc(O)ccc21. The largest absolute Gasteiger partial charge is 0.508 e. The van der Waals surface area contributed by atoms with Crippen LogP contribution in [0.3, 0.4) is 0 Å². The van der Waals surface area contributed by atoms with Crippen molar-refractivity contribution in [2.45, 2.75) is 32.9 Å². The molecule has 0 fully saturated rings. The summed E-state index contributed by atoms with van der Waals surface area (Å²) in [6.07, 6.45) is 1.56. The number of ether oxygens (including phenoxy) is 1. The number of nitrogens with zero attached hydrogens (tertiary/aromatic N) is 2. The number of imidazole rings is 1. The van der Waals surface area contributed by atoms with Gasteiger partial charge in [0, 0.05) is 6.07 Å². The van der Waals surface area contributed by atoms with Crippen LogP contribution >= 0.6 is 0 Å². The second kappa shape index (κ2) is 4.33. The van der Waals surface area contributed by atoms with Gasteiger partial charge < -0.3 is 14.4 Å². The Balaban J connectivity index is 2.20. The standard InChI is InChI=1S/C13H16N2O3/c1-13(2,3)18-12(17)7-15-8-14-10-6-9(16)4-5-11(10)15/h4-6,8,16H,7H2,1-3H3. The number of hydrogen-bond donors (Lipinski definition) is 1. The molecule has 0 saturated heterocycles. The fourth-order valence-corrected chi connectivity index (χ4v) is 1.69. The molecule has 1 N–H and O–H groups in total. The molecule has 0 bridgehead atoms. The van der Waals surface area contributed by atoms with Gasteiger partial charge in [-0.05, 0) is 32.9 Å². The van der Waals surface area contributed by atoms with Crippen molar-refractivity contribution in [1.29, 1.82) is 0 Å². The quantitative estimate of drug-likeness (QED) is 0.826. The molecule has 0 radical (unpaired) electrons. The molecule has 0 aliphatic heterocycles. The van der Waals surface area contributed by atoms with E-state index in [0.29, 0.717) is 5.52 Å². The molecule has 0 aliphatic carbocycles. The van der Waals surface area contributed by atoms with Crippen LogP contribution in [-0.4, -0.2) is 26.2 Å². The van der Waals surface area contributed by atoms with E-state index < -0.39 is 5.60 Å². The molecule has 1 aromatic heterocycles. The first kappa shape index (κ1) is 12.4.